The van der Waals surface area contributed by atoms with Gasteiger partial charge in [0.15, 0.2) is 0 Å². The van der Waals surface area contributed by atoms with Gasteiger partial charge in [0.2, 0.25) is 0 Å². The van der Waals surface area contributed by atoms with E-state index in [1.807, 2.05) is 24.4 Å². The molecule has 0 amide bonds. The largest absolute Gasteiger partial charge is 0.456 e. The van der Waals surface area contributed by atoms with Gasteiger partial charge in [-0.3, -0.25) is 0 Å². The van der Waals surface area contributed by atoms with Crippen molar-refractivity contribution < 1.29 is 4.42 Å². The van der Waals surface area contributed by atoms with E-state index in [-0.39, 0.29) is 0 Å². The third-order valence-electron chi connectivity index (χ3n) is 11.1. The van der Waals surface area contributed by atoms with Crippen LogP contribution in [0.4, 0.5) is 0 Å². The number of fused-ring (bicyclic) bond motifs is 3. The highest BCUT2D eigenvalue weighted by Crippen LogP contribution is 2.42. The number of aliphatic imine (C=N–C) groups is 1. The lowest BCUT2D eigenvalue weighted by Crippen LogP contribution is -2.07. The van der Waals surface area contributed by atoms with E-state index >= 15 is 0 Å². The average Bonchev–Trinajstić information content (AvgIpc) is 3.50. The fourth-order valence-corrected chi connectivity index (χ4v) is 8.22. The third kappa shape index (κ3) is 6.48. The lowest BCUT2D eigenvalue weighted by molar-refractivity contribution is 0.669. The predicted octanol–water partition coefficient (Wildman–Crippen LogP) is 14.0. The summed E-state index contributed by atoms with van der Waals surface area (Å²) >= 11 is 0. The first-order valence-electron chi connectivity index (χ1n) is 19.6. The second-order valence-electron chi connectivity index (χ2n) is 14.6. The van der Waals surface area contributed by atoms with Gasteiger partial charge >= 0.3 is 0 Å². The van der Waals surface area contributed by atoms with Crippen LogP contribution in [0.25, 0.3) is 72.3 Å². The molecule has 2 aliphatic rings. The summed E-state index contributed by atoms with van der Waals surface area (Å²) in [5.41, 5.74) is 17.1. The van der Waals surface area contributed by atoms with Crippen LogP contribution in [0.2, 0.25) is 0 Å². The van der Waals surface area contributed by atoms with E-state index in [9.17, 15) is 0 Å². The van der Waals surface area contributed by atoms with E-state index in [2.05, 4.69) is 169 Å². The molecular weight excluding hydrogens is 681 g/mol. The fourth-order valence-electron chi connectivity index (χ4n) is 8.22. The average molecular weight is 721 g/mol. The molecule has 0 atom stereocenters. The Balaban J connectivity index is 1.22. The minimum absolute atomic E-state index is 0.866. The molecule has 0 bridgehead atoms. The first kappa shape index (κ1) is 33.6. The molecule has 0 saturated heterocycles. The molecule has 8 aromatic rings. The van der Waals surface area contributed by atoms with Crippen LogP contribution in [0.1, 0.15) is 47.9 Å². The number of furan rings is 1. The topological polar surface area (TPSA) is 37.5 Å². The van der Waals surface area contributed by atoms with E-state index in [0.717, 1.165) is 102 Å². The lowest BCUT2D eigenvalue weighted by atomic mass is 9.85. The molecule has 7 aromatic carbocycles. The Hall–Kier alpha value is -6.97. The number of hydrogen-bond donors (Lipinski definition) is 1. The van der Waals surface area contributed by atoms with E-state index in [1.54, 1.807) is 0 Å². The Morgan fingerprint density at radius 3 is 1.88 bits per heavy atom. The van der Waals surface area contributed by atoms with Crippen molar-refractivity contribution >= 4 is 44.6 Å². The first-order chi connectivity index (χ1) is 27.7. The van der Waals surface area contributed by atoms with Crippen LogP contribution in [-0.2, 0) is 0 Å². The summed E-state index contributed by atoms with van der Waals surface area (Å²) in [6, 6.07) is 60.4. The molecule has 10 rings (SSSR count). The van der Waals surface area contributed by atoms with Crippen molar-refractivity contribution in [2.45, 2.75) is 25.7 Å². The highest BCUT2D eigenvalue weighted by atomic mass is 16.3. The van der Waals surface area contributed by atoms with Gasteiger partial charge in [-0.1, -0.05) is 146 Å². The molecule has 1 N–H and O–H groups in total. The molecule has 1 aromatic heterocycles. The Morgan fingerprint density at radius 1 is 0.482 bits per heavy atom. The van der Waals surface area contributed by atoms with Gasteiger partial charge in [-0.2, -0.15) is 0 Å². The minimum Gasteiger partial charge on any atom is -0.456 e. The SMILES string of the molecule is C1=C(c2ccc(C3=CC(c4cc(-c5ccccc5)cc(-c5ccc6c(c5)oc5ccccc56)c4-c4ccccc4)=NC(c4ccccc4)=CN3)cc2)CCCC1. The Morgan fingerprint density at radius 2 is 1.12 bits per heavy atom. The molecule has 0 radical (unpaired) electrons. The number of nitrogens with one attached hydrogen (secondary N) is 1. The van der Waals surface area contributed by atoms with Gasteiger partial charge in [-0.15, -0.1) is 0 Å². The Kier molecular flexibility index (Phi) is 8.81. The number of nitrogens with zero attached hydrogens (tertiary/aromatic N) is 1. The van der Waals surface area contributed by atoms with Crippen molar-refractivity contribution in [2.24, 2.45) is 4.99 Å². The molecule has 56 heavy (non-hydrogen) atoms. The zero-order valence-electron chi connectivity index (χ0n) is 31.1. The van der Waals surface area contributed by atoms with Crippen molar-refractivity contribution in [3.8, 4) is 33.4 Å². The number of rotatable bonds is 7. The number of para-hydroxylation sites is 1. The molecule has 1 aliphatic carbocycles. The van der Waals surface area contributed by atoms with Crippen LogP contribution in [0.5, 0.6) is 0 Å². The molecule has 3 heteroatoms. The molecule has 0 unspecified atom stereocenters. The van der Waals surface area contributed by atoms with Crippen LogP contribution in [-0.4, -0.2) is 5.71 Å². The number of hydrogen-bond acceptors (Lipinski definition) is 3. The first-order valence-corrected chi connectivity index (χ1v) is 19.6. The van der Waals surface area contributed by atoms with Gasteiger partial charge in [0, 0.05) is 33.8 Å². The molecule has 0 spiro atoms. The summed E-state index contributed by atoms with van der Waals surface area (Å²) in [7, 11) is 0. The second-order valence-corrected chi connectivity index (χ2v) is 14.6. The smallest absolute Gasteiger partial charge is 0.136 e. The highest BCUT2D eigenvalue weighted by Gasteiger charge is 2.22. The van der Waals surface area contributed by atoms with Gasteiger partial charge < -0.3 is 9.73 Å². The standard InChI is InChI=1S/C53H40N2O/c1-5-15-36(16-6-1)38-25-27-40(28-26-38)48-34-49(55-50(35-54-48)39-19-9-3-10-20-39)47-32-43(37-17-7-2-8-18-37)31-46(53(47)41-21-11-4-12-22-41)42-29-30-45-44-23-13-14-24-51(44)56-52(45)33-42/h2-4,7-15,17-35,54H,1,5-6,16H2. The Labute approximate surface area is 327 Å². The molecule has 1 aliphatic heterocycles. The van der Waals surface area contributed by atoms with Crippen LogP contribution in [0, 0.1) is 0 Å². The highest BCUT2D eigenvalue weighted by molar-refractivity contribution is 6.20. The van der Waals surface area contributed by atoms with Crippen molar-refractivity contribution in [3.63, 3.8) is 0 Å². The van der Waals surface area contributed by atoms with Gasteiger partial charge in [0.25, 0.3) is 0 Å². The second kappa shape index (κ2) is 14.7. The summed E-state index contributed by atoms with van der Waals surface area (Å²) in [6.07, 6.45) is 11.5. The maximum atomic E-state index is 6.46. The zero-order valence-corrected chi connectivity index (χ0v) is 31.1. The molecule has 2 heterocycles. The minimum atomic E-state index is 0.866. The summed E-state index contributed by atoms with van der Waals surface area (Å²) in [5, 5.41) is 5.92. The Bertz CT molecular complexity index is 2840. The number of benzene rings is 7. The number of allylic oxidation sites excluding steroid dienone is 3. The molecule has 0 saturated carbocycles. The van der Waals surface area contributed by atoms with Crippen LogP contribution in [0.3, 0.4) is 0 Å². The summed E-state index contributed by atoms with van der Waals surface area (Å²) in [5.74, 6) is 0. The monoisotopic (exact) mass is 720 g/mol. The predicted molar refractivity (Wildman–Crippen MR) is 235 cm³/mol. The van der Waals surface area contributed by atoms with Crippen molar-refractivity contribution in [2.75, 3.05) is 0 Å². The fraction of sp³-hybridized carbons (Fsp3) is 0.0755. The van der Waals surface area contributed by atoms with Crippen LogP contribution in [0.15, 0.2) is 198 Å². The van der Waals surface area contributed by atoms with Crippen LogP contribution >= 0.6 is 0 Å². The summed E-state index contributed by atoms with van der Waals surface area (Å²) < 4.78 is 6.46. The van der Waals surface area contributed by atoms with Crippen molar-refractivity contribution in [1.82, 2.24) is 5.32 Å². The van der Waals surface area contributed by atoms with E-state index in [1.165, 1.54) is 24.0 Å². The van der Waals surface area contributed by atoms with Gasteiger partial charge in [0.05, 0.1) is 11.4 Å². The summed E-state index contributed by atoms with van der Waals surface area (Å²) in [4.78, 5) is 5.53. The zero-order chi connectivity index (χ0) is 37.3. The lowest BCUT2D eigenvalue weighted by Gasteiger charge is -2.19. The normalized spacial score (nSPS) is 14.4. The van der Waals surface area contributed by atoms with Gasteiger partial charge in [-0.05, 0) is 112 Å². The summed E-state index contributed by atoms with van der Waals surface area (Å²) in [6.45, 7) is 0. The van der Waals surface area contributed by atoms with Crippen molar-refractivity contribution in [3.05, 3.63) is 210 Å². The quantitative estimate of drug-likeness (QED) is 0.178. The van der Waals surface area contributed by atoms with E-state index in [0.29, 0.717) is 0 Å². The van der Waals surface area contributed by atoms with E-state index in [4.69, 9.17) is 9.41 Å². The van der Waals surface area contributed by atoms with Crippen molar-refractivity contribution in [1.29, 1.82) is 0 Å². The maximum Gasteiger partial charge on any atom is 0.136 e. The molecular formula is C53H40N2O. The van der Waals surface area contributed by atoms with Crippen LogP contribution < -0.4 is 5.32 Å². The van der Waals surface area contributed by atoms with Gasteiger partial charge in [-0.25, -0.2) is 4.99 Å². The molecule has 3 nitrogen and oxygen atoms in total. The molecule has 268 valence electrons. The van der Waals surface area contributed by atoms with Gasteiger partial charge in [0.1, 0.15) is 11.2 Å². The third-order valence-corrected chi connectivity index (χ3v) is 11.1. The van der Waals surface area contributed by atoms with E-state index < -0.39 is 0 Å². The maximum absolute atomic E-state index is 6.46. The molecule has 0 fully saturated rings.